The van der Waals surface area contributed by atoms with Gasteiger partial charge in [-0.25, -0.2) is 0 Å². The summed E-state index contributed by atoms with van der Waals surface area (Å²) in [5.74, 6) is -0.277. The van der Waals surface area contributed by atoms with Crippen molar-refractivity contribution in [1.29, 1.82) is 0 Å². The number of hydrogen-bond donors (Lipinski definition) is 1. The minimum atomic E-state index is -0.252. The van der Waals surface area contributed by atoms with Gasteiger partial charge in [-0.2, -0.15) is 0 Å². The highest BCUT2D eigenvalue weighted by molar-refractivity contribution is 5.78. The van der Waals surface area contributed by atoms with Crippen LogP contribution in [-0.2, 0) is 19.1 Å². The second-order valence-corrected chi connectivity index (χ2v) is 4.63. The topological polar surface area (TPSA) is 67.9 Å². The van der Waals surface area contributed by atoms with Crippen LogP contribution in [0.15, 0.2) is 0 Å². The number of ether oxygens (including phenoxy) is 2. The van der Waals surface area contributed by atoms with E-state index in [1.165, 1.54) is 7.11 Å². The molecule has 0 aliphatic carbocycles. The van der Waals surface area contributed by atoms with Crippen LogP contribution >= 0.6 is 0 Å². The molecule has 19 heavy (non-hydrogen) atoms. The van der Waals surface area contributed by atoms with Crippen molar-refractivity contribution < 1.29 is 19.1 Å². The van der Waals surface area contributed by atoms with Crippen molar-refractivity contribution in [2.24, 2.45) is 0 Å². The summed E-state index contributed by atoms with van der Waals surface area (Å²) in [5, 5.41) is 2.87. The summed E-state index contributed by atoms with van der Waals surface area (Å²) in [6.07, 6.45) is 2.55. The van der Waals surface area contributed by atoms with Crippen molar-refractivity contribution in [3.8, 4) is 0 Å². The van der Waals surface area contributed by atoms with Crippen LogP contribution in [0.2, 0.25) is 0 Å². The first-order valence-electron chi connectivity index (χ1n) is 6.83. The van der Waals surface area contributed by atoms with Gasteiger partial charge in [-0.1, -0.05) is 6.92 Å². The van der Waals surface area contributed by atoms with Gasteiger partial charge in [0, 0.05) is 19.7 Å². The van der Waals surface area contributed by atoms with Crippen molar-refractivity contribution in [3.63, 3.8) is 0 Å². The molecule has 6 nitrogen and oxygen atoms in total. The first-order valence-corrected chi connectivity index (χ1v) is 6.83. The molecular weight excluding hydrogens is 248 g/mol. The van der Waals surface area contributed by atoms with E-state index < -0.39 is 0 Å². The lowest BCUT2D eigenvalue weighted by Crippen LogP contribution is -2.40. The van der Waals surface area contributed by atoms with E-state index in [2.05, 4.69) is 10.1 Å². The zero-order chi connectivity index (χ0) is 14.1. The average Bonchev–Trinajstić information content (AvgIpc) is 2.93. The van der Waals surface area contributed by atoms with Crippen molar-refractivity contribution >= 4 is 11.9 Å². The second kappa shape index (κ2) is 8.87. The number of amides is 1. The van der Waals surface area contributed by atoms with Gasteiger partial charge in [0.1, 0.15) is 0 Å². The molecule has 1 heterocycles. The van der Waals surface area contributed by atoms with Gasteiger partial charge in [-0.05, 0) is 19.4 Å². The molecule has 0 saturated carbocycles. The molecule has 0 bridgehead atoms. The van der Waals surface area contributed by atoms with Gasteiger partial charge in [-0.15, -0.1) is 0 Å². The largest absolute Gasteiger partial charge is 0.469 e. The van der Waals surface area contributed by atoms with Gasteiger partial charge in [0.25, 0.3) is 0 Å². The van der Waals surface area contributed by atoms with E-state index in [1.54, 1.807) is 0 Å². The minimum absolute atomic E-state index is 0.0257. The van der Waals surface area contributed by atoms with Crippen LogP contribution in [0, 0.1) is 0 Å². The molecule has 1 aliphatic rings. The number of carbonyl (C=O) groups is 2. The number of rotatable bonds is 8. The molecule has 1 rings (SSSR count). The van der Waals surface area contributed by atoms with Gasteiger partial charge in [0.05, 0.1) is 26.2 Å². The van der Waals surface area contributed by atoms with Gasteiger partial charge in [-0.3, -0.25) is 14.5 Å². The molecule has 0 spiro atoms. The molecule has 110 valence electrons. The highest BCUT2D eigenvalue weighted by atomic mass is 16.5. The Morgan fingerprint density at radius 1 is 1.47 bits per heavy atom. The normalized spacial score (nSPS) is 18.6. The maximum Gasteiger partial charge on any atom is 0.306 e. The maximum atomic E-state index is 11.8. The lowest BCUT2D eigenvalue weighted by molar-refractivity contribution is -0.141. The minimum Gasteiger partial charge on any atom is -0.469 e. The summed E-state index contributed by atoms with van der Waals surface area (Å²) in [6.45, 7) is 4.90. The monoisotopic (exact) mass is 272 g/mol. The van der Waals surface area contributed by atoms with E-state index in [1.807, 2.05) is 11.8 Å². The molecule has 1 saturated heterocycles. The third-order valence-electron chi connectivity index (χ3n) is 3.23. The Kier molecular flexibility index (Phi) is 7.43. The molecule has 0 radical (unpaired) electrons. The van der Waals surface area contributed by atoms with Crippen LogP contribution in [0.1, 0.15) is 26.2 Å². The van der Waals surface area contributed by atoms with Gasteiger partial charge < -0.3 is 14.8 Å². The van der Waals surface area contributed by atoms with Gasteiger partial charge in [0.2, 0.25) is 5.91 Å². The fraction of sp³-hybridized carbons (Fsp3) is 0.846. The van der Waals surface area contributed by atoms with Crippen molar-refractivity contribution in [2.45, 2.75) is 32.3 Å². The first kappa shape index (κ1) is 15.9. The second-order valence-electron chi connectivity index (χ2n) is 4.63. The predicted octanol–water partition coefficient (Wildman–Crippen LogP) is 0.167. The third-order valence-corrected chi connectivity index (χ3v) is 3.23. The SMILES string of the molecule is CCN(CCC(=O)OC)CC(=O)NCC1CCCO1. The number of nitrogens with zero attached hydrogens (tertiary/aromatic N) is 1. The first-order chi connectivity index (χ1) is 9.15. The fourth-order valence-electron chi connectivity index (χ4n) is 1.99. The molecule has 1 unspecified atom stereocenters. The summed E-state index contributed by atoms with van der Waals surface area (Å²) in [5.41, 5.74) is 0. The number of nitrogens with one attached hydrogen (secondary N) is 1. The van der Waals surface area contributed by atoms with Crippen LogP contribution in [0.3, 0.4) is 0 Å². The van der Waals surface area contributed by atoms with Crippen molar-refractivity contribution in [2.75, 3.05) is 39.9 Å². The Balaban J connectivity index is 2.18. The standard InChI is InChI=1S/C13H24N2O4/c1-3-15(7-6-13(17)18-2)10-12(16)14-9-11-5-4-8-19-11/h11H,3-10H2,1-2H3,(H,14,16). The Labute approximate surface area is 114 Å². The molecule has 1 amide bonds. The van der Waals surface area contributed by atoms with E-state index >= 15 is 0 Å². The molecule has 0 aromatic heterocycles. The van der Waals surface area contributed by atoms with Crippen LogP contribution in [-0.4, -0.2) is 62.8 Å². The summed E-state index contributed by atoms with van der Waals surface area (Å²) >= 11 is 0. The Bertz CT molecular complexity index is 290. The molecular formula is C13H24N2O4. The number of methoxy groups -OCH3 is 1. The van der Waals surface area contributed by atoms with E-state index in [0.717, 1.165) is 26.0 Å². The van der Waals surface area contributed by atoms with Crippen molar-refractivity contribution in [3.05, 3.63) is 0 Å². The van der Waals surface area contributed by atoms with E-state index in [-0.39, 0.29) is 18.0 Å². The van der Waals surface area contributed by atoms with Crippen LogP contribution in [0.5, 0.6) is 0 Å². The molecule has 0 aromatic carbocycles. The maximum absolute atomic E-state index is 11.8. The van der Waals surface area contributed by atoms with Gasteiger partial charge in [0.15, 0.2) is 0 Å². The lowest BCUT2D eigenvalue weighted by atomic mass is 10.2. The highest BCUT2D eigenvalue weighted by Crippen LogP contribution is 2.10. The molecule has 1 N–H and O–H groups in total. The molecule has 1 aliphatic heterocycles. The molecule has 1 fully saturated rings. The number of carbonyl (C=O) groups excluding carboxylic acids is 2. The summed E-state index contributed by atoms with van der Waals surface area (Å²) < 4.78 is 10.0. The Morgan fingerprint density at radius 3 is 2.84 bits per heavy atom. The summed E-state index contributed by atoms with van der Waals surface area (Å²) in [7, 11) is 1.37. The molecule has 1 atom stereocenters. The van der Waals surface area contributed by atoms with Crippen LogP contribution in [0.25, 0.3) is 0 Å². The lowest BCUT2D eigenvalue weighted by Gasteiger charge is -2.19. The zero-order valence-electron chi connectivity index (χ0n) is 11.8. The van der Waals surface area contributed by atoms with Gasteiger partial charge >= 0.3 is 5.97 Å². The smallest absolute Gasteiger partial charge is 0.306 e. The number of esters is 1. The Hall–Kier alpha value is -1.14. The van der Waals surface area contributed by atoms with E-state index in [0.29, 0.717) is 26.1 Å². The average molecular weight is 272 g/mol. The molecule has 6 heteroatoms. The quantitative estimate of drug-likeness (QED) is 0.638. The molecule has 0 aromatic rings. The van der Waals surface area contributed by atoms with Crippen LogP contribution < -0.4 is 5.32 Å². The predicted molar refractivity (Wildman–Crippen MR) is 70.7 cm³/mol. The van der Waals surface area contributed by atoms with Crippen LogP contribution in [0.4, 0.5) is 0 Å². The zero-order valence-corrected chi connectivity index (χ0v) is 11.8. The Morgan fingerprint density at radius 2 is 2.26 bits per heavy atom. The number of likely N-dealkylation sites (N-methyl/N-ethyl adjacent to an activating group) is 1. The number of hydrogen-bond acceptors (Lipinski definition) is 5. The fourth-order valence-corrected chi connectivity index (χ4v) is 1.99. The van der Waals surface area contributed by atoms with E-state index in [4.69, 9.17) is 4.74 Å². The highest BCUT2D eigenvalue weighted by Gasteiger charge is 2.17. The van der Waals surface area contributed by atoms with Crippen molar-refractivity contribution in [1.82, 2.24) is 10.2 Å². The third kappa shape index (κ3) is 6.54. The summed E-state index contributed by atoms with van der Waals surface area (Å²) in [6, 6.07) is 0. The summed E-state index contributed by atoms with van der Waals surface area (Å²) in [4.78, 5) is 24.7. The van der Waals surface area contributed by atoms with E-state index in [9.17, 15) is 9.59 Å².